The Morgan fingerprint density at radius 2 is 2.18 bits per heavy atom. The summed E-state index contributed by atoms with van der Waals surface area (Å²) in [4.78, 5) is 11.7. The number of benzene rings is 1. The van der Waals surface area contributed by atoms with Crippen LogP contribution in [0, 0.1) is 0 Å². The second-order valence-electron chi connectivity index (χ2n) is 3.77. The number of phenols is 1. The molecule has 1 unspecified atom stereocenters. The van der Waals surface area contributed by atoms with E-state index in [1.54, 1.807) is 30.3 Å². The minimum absolute atomic E-state index is 0.182. The van der Waals surface area contributed by atoms with Crippen molar-refractivity contribution >= 4 is 5.91 Å². The number of phenolic OH excluding ortho intramolecular Hbond substituents is 1. The molecule has 2 N–H and O–H groups in total. The third kappa shape index (κ3) is 2.66. The highest BCUT2D eigenvalue weighted by atomic mass is 16.3. The van der Waals surface area contributed by atoms with Gasteiger partial charge in [0.15, 0.2) is 5.76 Å². The van der Waals surface area contributed by atoms with Gasteiger partial charge in [-0.15, -0.1) is 0 Å². The molecule has 0 spiro atoms. The van der Waals surface area contributed by atoms with E-state index in [0.29, 0.717) is 0 Å². The standard InChI is InChI=1S/C13H13NO3/c1-9(10-4-2-5-11(15)8-10)14-13(16)12-6-3-7-17-12/h2-9,15H,1H3,(H,14,16). The number of amides is 1. The predicted octanol–water partition coefficient (Wildman–Crippen LogP) is 2.48. The third-order valence-corrected chi connectivity index (χ3v) is 2.46. The largest absolute Gasteiger partial charge is 0.508 e. The summed E-state index contributed by atoms with van der Waals surface area (Å²) >= 11 is 0. The summed E-state index contributed by atoms with van der Waals surface area (Å²) in [5.41, 5.74) is 0.838. The van der Waals surface area contributed by atoms with Gasteiger partial charge in [-0.2, -0.15) is 0 Å². The van der Waals surface area contributed by atoms with Crippen molar-refractivity contribution < 1.29 is 14.3 Å². The maximum atomic E-state index is 11.7. The third-order valence-electron chi connectivity index (χ3n) is 2.46. The second-order valence-corrected chi connectivity index (χ2v) is 3.77. The molecule has 0 radical (unpaired) electrons. The zero-order valence-corrected chi connectivity index (χ0v) is 9.38. The number of carbonyl (C=O) groups is 1. The molecule has 0 saturated carbocycles. The first-order chi connectivity index (χ1) is 8.16. The number of hydrogen-bond acceptors (Lipinski definition) is 3. The Hall–Kier alpha value is -2.23. The van der Waals surface area contributed by atoms with E-state index in [2.05, 4.69) is 5.32 Å². The average molecular weight is 231 g/mol. The highest BCUT2D eigenvalue weighted by molar-refractivity contribution is 5.91. The van der Waals surface area contributed by atoms with Crippen molar-refractivity contribution in [2.45, 2.75) is 13.0 Å². The highest BCUT2D eigenvalue weighted by Gasteiger charge is 2.13. The van der Waals surface area contributed by atoms with E-state index in [1.807, 2.05) is 13.0 Å². The van der Waals surface area contributed by atoms with E-state index >= 15 is 0 Å². The van der Waals surface area contributed by atoms with Crippen molar-refractivity contribution in [2.24, 2.45) is 0 Å². The van der Waals surface area contributed by atoms with Crippen LogP contribution in [-0.2, 0) is 0 Å². The molecule has 0 aliphatic heterocycles. The maximum Gasteiger partial charge on any atom is 0.287 e. The maximum absolute atomic E-state index is 11.7. The fraction of sp³-hybridized carbons (Fsp3) is 0.154. The lowest BCUT2D eigenvalue weighted by Crippen LogP contribution is -2.26. The lowest BCUT2D eigenvalue weighted by atomic mass is 10.1. The first kappa shape index (κ1) is 11.3. The normalized spacial score (nSPS) is 12.1. The molecule has 4 heteroatoms. The smallest absolute Gasteiger partial charge is 0.287 e. The Bertz CT molecular complexity index is 505. The Kier molecular flexibility index (Phi) is 3.14. The van der Waals surface area contributed by atoms with Gasteiger partial charge in [0.2, 0.25) is 0 Å². The molecule has 1 amide bonds. The van der Waals surface area contributed by atoms with Gasteiger partial charge >= 0.3 is 0 Å². The number of rotatable bonds is 3. The van der Waals surface area contributed by atoms with Crippen LogP contribution >= 0.6 is 0 Å². The predicted molar refractivity (Wildman–Crippen MR) is 62.7 cm³/mol. The molecule has 4 nitrogen and oxygen atoms in total. The van der Waals surface area contributed by atoms with Gasteiger partial charge in [0.25, 0.3) is 5.91 Å². The molecule has 0 bridgehead atoms. The van der Waals surface area contributed by atoms with Crippen molar-refractivity contribution in [3.8, 4) is 5.75 Å². The molecular formula is C13H13NO3. The summed E-state index contributed by atoms with van der Waals surface area (Å²) in [6.45, 7) is 1.84. The Labute approximate surface area is 98.9 Å². The summed E-state index contributed by atoms with van der Waals surface area (Å²) in [5.74, 6) is 0.185. The number of aromatic hydroxyl groups is 1. The van der Waals surface area contributed by atoms with Gasteiger partial charge in [-0.1, -0.05) is 12.1 Å². The monoisotopic (exact) mass is 231 g/mol. The van der Waals surface area contributed by atoms with Crippen LogP contribution < -0.4 is 5.32 Å². The van der Waals surface area contributed by atoms with Crippen LogP contribution in [0.15, 0.2) is 47.1 Å². The van der Waals surface area contributed by atoms with Crippen LogP contribution in [0.2, 0.25) is 0 Å². The molecule has 2 aromatic rings. The van der Waals surface area contributed by atoms with Crippen LogP contribution in [0.4, 0.5) is 0 Å². The molecule has 0 saturated heterocycles. The fourth-order valence-corrected chi connectivity index (χ4v) is 1.55. The van der Waals surface area contributed by atoms with Gasteiger partial charge < -0.3 is 14.8 Å². The van der Waals surface area contributed by atoms with Gasteiger partial charge in [0.1, 0.15) is 5.75 Å². The summed E-state index contributed by atoms with van der Waals surface area (Å²) in [7, 11) is 0. The Morgan fingerprint density at radius 3 is 2.82 bits per heavy atom. The van der Waals surface area contributed by atoms with Gasteiger partial charge in [-0.25, -0.2) is 0 Å². The molecule has 1 heterocycles. The van der Waals surface area contributed by atoms with Crippen molar-refractivity contribution in [1.82, 2.24) is 5.32 Å². The molecule has 17 heavy (non-hydrogen) atoms. The van der Waals surface area contributed by atoms with Gasteiger partial charge in [-0.05, 0) is 36.8 Å². The zero-order chi connectivity index (χ0) is 12.3. The first-order valence-corrected chi connectivity index (χ1v) is 5.30. The van der Waals surface area contributed by atoms with E-state index in [1.165, 1.54) is 6.26 Å². The van der Waals surface area contributed by atoms with Crippen molar-refractivity contribution in [3.63, 3.8) is 0 Å². The Balaban J connectivity index is 2.07. The van der Waals surface area contributed by atoms with Crippen LogP contribution in [0.5, 0.6) is 5.75 Å². The van der Waals surface area contributed by atoms with E-state index in [0.717, 1.165) is 5.56 Å². The molecule has 0 aliphatic rings. The number of carbonyl (C=O) groups excluding carboxylic acids is 1. The van der Waals surface area contributed by atoms with Crippen LogP contribution in [0.3, 0.4) is 0 Å². The van der Waals surface area contributed by atoms with Crippen molar-refractivity contribution in [1.29, 1.82) is 0 Å². The molecule has 1 atom stereocenters. The lowest BCUT2D eigenvalue weighted by molar-refractivity contribution is 0.0912. The van der Waals surface area contributed by atoms with Crippen LogP contribution in [0.1, 0.15) is 29.1 Å². The van der Waals surface area contributed by atoms with E-state index < -0.39 is 0 Å². The average Bonchev–Trinajstić information content (AvgIpc) is 2.82. The van der Waals surface area contributed by atoms with E-state index in [4.69, 9.17) is 4.42 Å². The summed E-state index contributed by atoms with van der Waals surface area (Å²) in [5, 5.41) is 12.1. The van der Waals surface area contributed by atoms with Gasteiger partial charge in [0, 0.05) is 0 Å². The first-order valence-electron chi connectivity index (χ1n) is 5.30. The molecule has 0 aliphatic carbocycles. The summed E-state index contributed by atoms with van der Waals surface area (Å²) < 4.78 is 4.99. The molecule has 88 valence electrons. The minimum Gasteiger partial charge on any atom is -0.508 e. The van der Waals surface area contributed by atoms with Gasteiger partial charge in [0.05, 0.1) is 12.3 Å². The van der Waals surface area contributed by atoms with Crippen molar-refractivity contribution in [2.75, 3.05) is 0 Å². The molecular weight excluding hydrogens is 218 g/mol. The summed E-state index contributed by atoms with van der Waals surface area (Å²) in [6.07, 6.45) is 1.45. The van der Waals surface area contributed by atoms with Crippen LogP contribution in [-0.4, -0.2) is 11.0 Å². The number of hydrogen-bond donors (Lipinski definition) is 2. The zero-order valence-electron chi connectivity index (χ0n) is 9.38. The molecule has 1 aromatic carbocycles. The van der Waals surface area contributed by atoms with Gasteiger partial charge in [-0.3, -0.25) is 4.79 Å². The second kappa shape index (κ2) is 4.74. The SMILES string of the molecule is CC(NC(=O)c1ccco1)c1cccc(O)c1. The molecule has 2 rings (SSSR count). The molecule has 1 aromatic heterocycles. The highest BCUT2D eigenvalue weighted by Crippen LogP contribution is 2.18. The molecule has 0 fully saturated rings. The number of nitrogens with one attached hydrogen (secondary N) is 1. The minimum atomic E-state index is -0.272. The lowest BCUT2D eigenvalue weighted by Gasteiger charge is -2.13. The number of furan rings is 1. The quantitative estimate of drug-likeness (QED) is 0.853. The van der Waals surface area contributed by atoms with E-state index in [9.17, 15) is 9.90 Å². The van der Waals surface area contributed by atoms with Crippen LogP contribution in [0.25, 0.3) is 0 Å². The topological polar surface area (TPSA) is 62.5 Å². The van der Waals surface area contributed by atoms with E-state index in [-0.39, 0.29) is 23.5 Å². The summed E-state index contributed by atoms with van der Waals surface area (Å²) in [6, 6.07) is 9.85. The Morgan fingerprint density at radius 1 is 1.35 bits per heavy atom. The van der Waals surface area contributed by atoms with Crippen molar-refractivity contribution in [3.05, 3.63) is 54.0 Å². The fourth-order valence-electron chi connectivity index (χ4n) is 1.55.